The van der Waals surface area contributed by atoms with Crippen molar-refractivity contribution >= 4 is 17.5 Å². The van der Waals surface area contributed by atoms with Crippen LogP contribution in [0.2, 0.25) is 0 Å². The summed E-state index contributed by atoms with van der Waals surface area (Å²) in [7, 11) is 0. The molecule has 0 aliphatic rings. The zero-order chi connectivity index (χ0) is 15.9. The van der Waals surface area contributed by atoms with Gasteiger partial charge in [-0.15, -0.1) is 0 Å². The van der Waals surface area contributed by atoms with Gasteiger partial charge in [0.1, 0.15) is 11.6 Å². The molecule has 0 spiro atoms. The van der Waals surface area contributed by atoms with Gasteiger partial charge in [0.05, 0.1) is 0 Å². The minimum absolute atomic E-state index is 0.0936. The van der Waals surface area contributed by atoms with E-state index in [0.29, 0.717) is 11.8 Å². The molecule has 0 bridgehead atoms. The Bertz CT molecular complexity index is 564. The molecule has 2 aromatic rings. The first-order valence-electron chi connectivity index (χ1n) is 7.10. The van der Waals surface area contributed by atoms with E-state index in [1.54, 1.807) is 30.5 Å². The standard InChI is InChI=1S/C14H18N4O.C2H6/c1-14(2,3)18-13-15-8-7-12(17-13)16-10-5-4-6-11(19)9-10;1-2/h4-9,19H,1-3H3,(H2,15,16,17,18);1-2H3. The molecule has 5 heteroatoms. The topological polar surface area (TPSA) is 70.1 Å². The molecule has 21 heavy (non-hydrogen) atoms. The van der Waals surface area contributed by atoms with Crippen molar-refractivity contribution in [3.63, 3.8) is 0 Å². The molecule has 0 fully saturated rings. The van der Waals surface area contributed by atoms with Crippen LogP contribution in [0.15, 0.2) is 36.5 Å². The average Bonchev–Trinajstić information content (AvgIpc) is 2.39. The number of rotatable bonds is 3. The van der Waals surface area contributed by atoms with E-state index in [1.807, 2.05) is 40.7 Å². The zero-order valence-electron chi connectivity index (χ0n) is 13.3. The maximum atomic E-state index is 9.41. The Balaban J connectivity index is 0.00000106. The van der Waals surface area contributed by atoms with E-state index >= 15 is 0 Å². The van der Waals surface area contributed by atoms with Gasteiger partial charge < -0.3 is 15.7 Å². The van der Waals surface area contributed by atoms with Crippen molar-refractivity contribution < 1.29 is 5.11 Å². The Morgan fingerprint density at radius 2 is 1.81 bits per heavy atom. The van der Waals surface area contributed by atoms with E-state index in [1.165, 1.54) is 0 Å². The summed E-state index contributed by atoms with van der Waals surface area (Å²) in [5, 5.41) is 15.7. The van der Waals surface area contributed by atoms with E-state index < -0.39 is 0 Å². The molecule has 114 valence electrons. The molecule has 1 heterocycles. The van der Waals surface area contributed by atoms with Crippen molar-refractivity contribution in [3.8, 4) is 5.75 Å². The molecule has 0 amide bonds. The zero-order valence-corrected chi connectivity index (χ0v) is 13.3. The maximum Gasteiger partial charge on any atom is 0.225 e. The summed E-state index contributed by atoms with van der Waals surface area (Å²) in [5.74, 6) is 1.46. The van der Waals surface area contributed by atoms with Crippen LogP contribution in [0.1, 0.15) is 34.6 Å². The summed E-state index contributed by atoms with van der Waals surface area (Å²) < 4.78 is 0. The van der Waals surface area contributed by atoms with Crippen LogP contribution in [0.4, 0.5) is 17.5 Å². The van der Waals surface area contributed by atoms with E-state index in [0.717, 1.165) is 5.69 Å². The third kappa shape index (κ3) is 6.12. The molecule has 1 aromatic carbocycles. The number of anilines is 3. The SMILES string of the molecule is CC.CC(C)(C)Nc1nccc(Nc2cccc(O)c2)n1. The number of aromatic nitrogens is 2. The molecule has 0 atom stereocenters. The fraction of sp³-hybridized carbons (Fsp3) is 0.375. The predicted octanol–water partition coefficient (Wildman–Crippen LogP) is 4.16. The van der Waals surface area contributed by atoms with Gasteiger partial charge in [0.25, 0.3) is 0 Å². The van der Waals surface area contributed by atoms with Crippen molar-refractivity contribution in [1.82, 2.24) is 9.97 Å². The lowest BCUT2D eigenvalue weighted by Crippen LogP contribution is -2.27. The number of benzene rings is 1. The van der Waals surface area contributed by atoms with E-state index in [9.17, 15) is 5.11 Å². The monoisotopic (exact) mass is 288 g/mol. The van der Waals surface area contributed by atoms with Crippen molar-refractivity contribution in [2.45, 2.75) is 40.2 Å². The van der Waals surface area contributed by atoms with Gasteiger partial charge in [-0.25, -0.2) is 4.98 Å². The molecule has 0 aliphatic carbocycles. The van der Waals surface area contributed by atoms with Gasteiger partial charge in [0, 0.05) is 23.5 Å². The molecular weight excluding hydrogens is 264 g/mol. The number of hydrogen-bond donors (Lipinski definition) is 3. The maximum absolute atomic E-state index is 9.41. The van der Waals surface area contributed by atoms with Crippen LogP contribution in [-0.2, 0) is 0 Å². The van der Waals surface area contributed by atoms with E-state index in [4.69, 9.17) is 0 Å². The first-order valence-corrected chi connectivity index (χ1v) is 7.10. The Hall–Kier alpha value is -2.30. The van der Waals surface area contributed by atoms with Crippen molar-refractivity contribution in [1.29, 1.82) is 0 Å². The number of phenolic OH excluding ortho intramolecular Hbond substituents is 1. The average molecular weight is 288 g/mol. The fourth-order valence-electron chi connectivity index (χ4n) is 1.56. The van der Waals surface area contributed by atoms with E-state index in [-0.39, 0.29) is 11.3 Å². The molecule has 3 N–H and O–H groups in total. The van der Waals surface area contributed by atoms with Gasteiger partial charge in [-0.05, 0) is 39.0 Å². The highest BCUT2D eigenvalue weighted by Gasteiger charge is 2.11. The third-order valence-electron chi connectivity index (χ3n) is 2.26. The quantitative estimate of drug-likeness (QED) is 0.791. The van der Waals surface area contributed by atoms with Crippen LogP contribution in [0.5, 0.6) is 5.75 Å². The van der Waals surface area contributed by atoms with Gasteiger partial charge in [0.15, 0.2) is 0 Å². The Morgan fingerprint density at radius 3 is 2.43 bits per heavy atom. The van der Waals surface area contributed by atoms with E-state index in [2.05, 4.69) is 20.6 Å². The number of hydrogen-bond acceptors (Lipinski definition) is 5. The minimum Gasteiger partial charge on any atom is -0.508 e. The summed E-state index contributed by atoms with van der Waals surface area (Å²) in [6, 6.07) is 8.67. The van der Waals surface area contributed by atoms with Gasteiger partial charge in [-0.2, -0.15) is 4.98 Å². The molecule has 2 rings (SSSR count). The van der Waals surface area contributed by atoms with Crippen molar-refractivity contribution in [2.75, 3.05) is 10.6 Å². The van der Waals surface area contributed by atoms with Crippen LogP contribution in [0.3, 0.4) is 0 Å². The highest BCUT2D eigenvalue weighted by atomic mass is 16.3. The summed E-state index contributed by atoms with van der Waals surface area (Å²) in [6.45, 7) is 10.1. The van der Waals surface area contributed by atoms with Crippen molar-refractivity contribution in [2.24, 2.45) is 0 Å². The second-order valence-corrected chi connectivity index (χ2v) is 5.32. The number of nitrogens with one attached hydrogen (secondary N) is 2. The second kappa shape index (κ2) is 7.47. The Labute approximate surface area is 126 Å². The normalized spacial score (nSPS) is 10.3. The lowest BCUT2D eigenvalue weighted by atomic mass is 10.1. The van der Waals surface area contributed by atoms with Crippen LogP contribution in [0.25, 0.3) is 0 Å². The van der Waals surface area contributed by atoms with Gasteiger partial charge >= 0.3 is 0 Å². The lowest BCUT2D eigenvalue weighted by molar-refractivity contribution is 0.475. The summed E-state index contributed by atoms with van der Waals surface area (Å²) in [5.41, 5.74) is 0.685. The fourth-order valence-corrected chi connectivity index (χ4v) is 1.56. The molecule has 0 unspecified atom stereocenters. The smallest absolute Gasteiger partial charge is 0.225 e. The number of phenols is 1. The van der Waals surface area contributed by atoms with Crippen LogP contribution >= 0.6 is 0 Å². The second-order valence-electron chi connectivity index (χ2n) is 5.32. The Kier molecular flexibility index (Phi) is 5.96. The first kappa shape index (κ1) is 16.8. The van der Waals surface area contributed by atoms with Crippen LogP contribution < -0.4 is 10.6 Å². The molecule has 0 saturated heterocycles. The first-order chi connectivity index (χ1) is 9.92. The molecular formula is C16H24N4O. The van der Waals surface area contributed by atoms with Gasteiger partial charge in [0.2, 0.25) is 5.95 Å². The summed E-state index contributed by atoms with van der Waals surface area (Å²) >= 11 is 0. The largest absolute Gasteiger partial charge is 0.508 e. The molecule has 0 saturated carbocycles. The molecule has 0 radical (unpaired) electrons. The number of aromatic hydroxyl groups is 1. The number of nitrogens with zero attached hydrogens (tertiary/aromatic N) is 2. The lowest BCUT2D eigenvalue weighted by Gasteiger charge is -2.20. The Morgan fingerprint density at radius 1 is 1.10 bits per heavy atom. The van der Waals surface area contributed by atoms with Crippen LogP contribution in [-0.4, -0.2) is 20.6 Å². The summed E-state index contributed by atoms with van der Waals surface area (Å²) in [6.07, 6.45) is 1.69. The van der Waals surface area contributed by atoms with Crippen LogP contribution in [0, 0.1) is 0 Å². The minimum atomic E-state index is -0.0936. The predicted molar refractivity (Wildman–Crippen MR) is 88.1 cm³/mol. The molecule has 0 aliphatic heterocycles. The highest BCUT2D eigenvalue weighted by molar-refractivity contribution is 5.58. The summed E-state index contributed by atoms with van der Waals surface area (Å²) in [4.78, 5) is 8.54. The third-order valence-corrected chi connectivity index (χ3v) is 2.26. The highest BCUT2D eigenvalue weighted by Crippen LogP contribution is 2.20. The van der Waals surface area contributed by atoms with Crippen molar-refractivity contribution in [3.05, 3.63) is 36.5 Å². The molecule has 5 nitrogen and oxygen atoms in total. The molecule has 1 aromatic heterocycles. The van der Waals surface area contributed by atoms with Gasteiger partial charge in [-0.3, -0.25) is 0 Å². The van der Waals surface area contributed by atoms with Gasteiger partial charge in [-0.1, -0.05) is 19.9 Å².